The molecule has 0 heterocycles. The van der Waals surface area contributed by atoms with Crippen molar-refractivity contribution >= 4 is 0 Å². The minimum atomic E-state index is 0.374. The van der Waals surface area contributed by atoms with Gasteiger partial charge in [-0.15, -0.1) is 0 Å². The normalized spacial score (nSPS) is 13.7. The minimum absolute atomic E-state index is 0.374. The van der Waals surface area contributed by atoms with Crippen LogP contribution in [0.4, 0.5) is 0 Å². The lowest BCUT2D eigenvalue weighted by atomic mass is 10.1. The number of rotatable bonds is 10. The summed E-state index contributed by atoms with van der Waals surface area (Å²) in [4.78, 5) is 0. The highest BCUT2D eigenvalue weighted by Gasteiger charge is 2.12. The molecule has 0 aromatic rings. The maximum Gasteiger partial charge on any atom is 0.0722 e. The van der Waals surface area contributed by atoms with Gasteiger partial charge in [-0.05, 0) is 37.6 Å². The van der Waals surface area contributed by atoms with E-state index in [-0.39, 0.29) is 0 Å². The maximum atomic E-state index is 5.94. The number of ether oxygens (including phenoxy) is 1. The van der Waals surface area contributed by atoms with Gasteiger partial charge >= 0.3 is 0 Å². The van der Waals surface area contributed by atoms with Crippen molar-refractivity contribution in [1.82, 2.24) is 5.32 Å². The number of hydrogen-bond donors (Lipinski definition) is 1. The van der Waals surface area contributed by atoms with Crippen molar-refractivity contribution in [2.45, 2.75) is 60.0 Å². The summed E-state index contributed by atoms with van der Waals surface area (Å²) in [5.41, 5.74) is 0. The Morgan fingerprint density at radius 2 is 1.81 bits per heavy atom. The second-order valence-electron chi connectivity index (χ2n) is 5.39. The van der Waals surface area contributed by atoms with Crippen LogP contribution in [0.3, 0.4) is 0 Å². The number of hydrogen-bond acceptors (Lipinski definition) is 2. The van der Waals surface area contributed by atoms with Gasteiger partial charge in [-0.1, -0.05) is 34.6 Å². The highest BCUT2D eigenvalue weighted by atomic mass is 16.5. The Balaban J connectivity index is 3.60. The minimum Gasteiger partial charge on any atom is -0.377 e. The Labute approximate surface area is 102 Å². The van der Waals surface area contributed by atoms with E-state index < -0.39 is 0 Å². The van der Waals surface area contributed by atoms with Crippen molar-refractivity contribution in [3.8, 4) is 0 Å². The highest BCUT2D eigenvalue weighted by Crippen LogP contribution is 2.09. The van der Waals surface area contributed by atoms with E-state index in [2.05, 4.69) is 39.9 Å². The van der Waals surface area contributed by atoms with Crippen LogP contribution in [0.25, 0.3) is 0 Å². The summed E-state index contributed by atoms with van der Waals surface area (Å²) in [5, 5.41) is 3.44. The van der Waals surface area contributed by atoms with E-state index in [0.717, 1.165) is 25.6 Å². The number of nitrogens with one attached hydrogen (secondary N) is 1. The fourth-order valence-electron chi connectivity index (χ4n) is 1.63. The van der Waals surface area contributed by atoms with Crippen LogP contribution in [0.5, 0.6) is 0 Å². The second-order valence-corrected chi connectivity index (χ2v) is 5.39. The fraction of sp³-hybridized carbons (Fsp3) is 1.00. The van der Waals surface area contributed by atoms with E-state index in [0.29, 0.717) is 12.0 Å². The van der Waals surface area contributed by atoms with Gasteiger partial charge in [0, 0.05) is 13.2 Å². The molecule has 0 rings (SSSR count). The molecule has 0 spiro atoms. The topological polar surface area (TPSA) is 21.3 Å². The third-order valence-corrected chi connectivity index (χ3v) is 2.77. The van der Waals surface area contributed by atoms with Gasteiger partial charge < -0.3 is 10.1 Å². The van der Waals surface area contributed by atoms with E-state index in [1.165, 1.54) is 19.3 Å². The zero-order chi connectivity index (χ0) is 12.4. The quantitative estimate of drug-likeness (QED) is 0.579. The first-order valence-corrected chi connectivity index (χ1v) is 6.90. The molecule has 98 valence electrons. The molecule has 0 fully saturated rings. The van der Waals surface area contributed by atoms with Gasteiger partial charge in [-0.2, -0.15) is 0 Å². The Morgan fingerprint density at radius 1 is 1.12 bits per heavy atom. The SMILES string of the molecule is CCCNCC(OCCCC(C)C)C(C)C. The Bertz CT molecular complexity index is 146. The molecular formula is C14H31NO. The summed E-state index contributed by atoms with van der Waals surface area (Å²) in [5.74, 6) is 1.39. The van der Waals surface area contributed by atoms with Crippen LogP contribution in [0.2, 0.25) is 0 Å². The van der Waals surface area contributed by atoms with E-state index in [4.69, 9.17) is 4.74 Å². The molecular weight excluding hydrogens is 198 g/mol. The van der Waals surface area contributed by atoms with Crippen LogP contribution >= 0.6 is 0 Å². The van der Waals surface area contributed by atoms with E-state index in [1.54, 1.807) is 0 Å². The molecule has 0 radical (unpaired) electrons. The molecule has 0 aliphatic rings. The van der Waals surface area contributed by atoms with Crippen LogP contribution < -0.4 is 5.32 Å². The van der Waals surface area contributed by atoms with Crippen molar-refractivity contribution < 1.29 is 4.74 Å². The lowest BCUT2D eigenvalue weighted by Gasteiger charge is -2.22. The highest BCUT2D eigenvalue weighted by molar-refractivity contribution is 4.65. The zero-order valence-electron chi connectivity index (χ0n) is 11.9. The molecule has 0 aliphatic heterocycles. The van der Waals surface area contributed by atoms with E-state index >= 15 is 0 Å². The largest absolute Gasteiger partial charge is 0.377 e. The molecule has 0 saturated heterocycles. The zero-order valence-corrected chi connectivity index (χ0v) is 11.9. The van der Waals surface area contributed by atoms with Crippen molar-refractivity contribution in [3.63, 3.8) is 0 Å². The summed E-state index contributed by atoms with van der Waals surface area (Å²) >= 11 is 0. The Hall–Kier alpha value is -0.0800. The standard InChI is InChI=1S/C14H31NO/c1-6-9-15-11-14(13(4)5)16-10-7-8-12(2)3/h12-15H,6-11H2,1-5H3. The monoisotopic (exact) mass is 229 g/mol. The molecule has 0 aliphatic carbocycles. The smallest absolute Gasteiger partial charge is 0.0722 e. The molecule has 0 aromatic carbocycles. The van der Waals surface area contributed by atoms with Crippen LogP contribution in [0.15, 0.2) is 0 Å². The summed E-state index contributed by atoms with van der Waals surface area (Å²) in [6.45, 7) is 14.2. The van der Waals surface area contributed by atoms with Gasteiger partial charge in [0.15, 0.2) is 0 Å². The van der Waals surface area contributed by atoms with Crippen LogP contribution in [-0.2, 0) is 4.74 Å². The average molecular weight is 229 g/mol. The van der Waals surface area contributed by atoms with Gasteiger partial charge in [-0.3, -0.25) is 0 Å². The second kappa shape index (κ2) is 10.1. The summed E-state index contributed by atoms with van der Waals surface area (Å²) in [6.07, 6.45) is 4.03. The first kappa shape index (κ1) is 15.9. The Morgan fingerprint density at radius 3 is 2.31 bits per heavy atom. The molecule has 1 unspecified atom stereocenters. The van der Waals surface area contributed by atoms with Crippen molar-refractivity contribution in [2.75, 3.05) is 19.7 Å². The summed E-state index contributed by atoms with van der Waals surface area (Å²) in [7, 11) is 0. The molecule has 0 saturated carbocycles. The third-order valence-electron chi connectivity index (χ3n) is 2.77. The van der Waals surface area contributed by atoms with Crippen molar-refractivity contribution in [1.29, 1.82) is 0 Å². The molecule has 16 heavy (non-hydrogen) atoms. The molecule has 2 heteroatoms. The summed E-state index contributed by atoms with van der Waals surface area (Å²) in [6, 6.07) is 0. The average Bonchev–Trinajstić information content (AvgIpc) is 2.21. The molecule has 1 atom stereocenters. The first-order valence-electron chi connectivity index (χ1n) is 6.90. The molecule has 2 nitrogen and oxygen atoms in total. The molecule has 0 aromatic heterocycles. The third kappa shape index (κ3) is 9.17. The van der Waals surface area contributed by atoms with Gasteiger partial charge in [0.05, 0.1) is 6.10 Å². The van der Waals surface area contributed by atoms with E-state index in [9.17, 15) is 0 Å². The Kier molecular flexibility index (Phi) is 10.0. The maximum absolute atomic E-state index is 5.94. The molecule has 0 bridgehead atoms. The molecule has 0 amide bonds. The van der Waals surface area contributed by atoms with Gasteiger partial charge in [0.25, 0.3) is 0 Å². The summed E-state index contributed by atoms with van der Waals surface area (Å²) < 4.78 is 5.94. The predicted molar refractivity (Wildman–Crippen MR) is 71.8 cm³/mol. The predicted octanol–water partition coefficient (Wildman–Crippen LogP) is 3.46. The lowest BCUT2D eigenvalue weighted by Crippen LogP contribution is -2.33. The fourth-order valence-corrected chi connectivity index (χ4v) is 1.63. The van der Waals surface area contributed by atoms with Gasteiger partial charge in [-0.25, -0.2) is 0 Å². The van der Waals surface area contributed by atoms with Gasteiger partial charge in [0.2, 0.25) is 0 Å². The van der Waals surface area contributed by atoms with Crippen LogP contribution in [0, 0.1) is 11.8 Å². The van der Waals surface area contributed by atoms with Crippen LogP contribution in [0.1, 0.15) is 53.9 Å². The van der Waals surface area contributed by atoms with Crippen LogP contribution in [-0.4, -0.2) is 25.8 Å². The van der Waals surface area contributed by atoms with Crippen molar-refractivity contribution in [3.05, 3.63) is 0 Å². The van der Waals surface area contributed by atoms with Gasteiger partial charge in [0.1, 0.15) is 0 Å². The first-order chi connectivity index (χ1) is 7.57. The molecule has 1 N–H and O–H groups in total. The van der Waals surface area contributed by atoms with E-state index in [1.807, 2.05) is 0 Å². The lowest BCUT2D eigenvalue weighted by molar-refractivity contribution is 0.0200. The van der Waals surface area contributed by atoms with Crippen molar-refractivity contribution in [2.24, 2.45) is 11.8 Å².